The van der Waals surface area contributed by atoms with Crippen molar-refractivity contribution in [2.45, 2.75) is 31.3 Å². The average molecular weight is 186 g/mol. The van der Waals surface area contributed by atoms with E-state index in [2.05, 4.69) is 17.3 Å². The molecule has 0 bridgehead atoms. The van der Waals surface area contributed by atoms with Gasteiger partial charge in [0, 0.05) is 25.7 Å². The SMILES string of the molecule is CNC(COC)CN(C)C1CCC1. The molecule has 0 heterocycles. The Bertz CT molecular complexity index is 137. The number of methoxy groups -OCH3 is 1. The molecule has 0 aliphatic heterocycles. The van der Waals surface area contributed by atoms with Crippen LogP contribution in [0.4, 0.5) is 0 Å². The van der Waals surface area contributed by atoms with Crippen LogP contribution in [-0.4, -0.2) is 51.3 Å². The summed E-state index contributed by atoms with van der Waals surface area (Å²) in [5.41, 5.74) is 0. The second kappa shape index (κ2) is 5.58. The van der Waals surface area contributed by atoms with Gasteiger partial charge in [-0.3, -0.25) is 0 Å². The quantitative estimate of drug-likeness (QED) is 0.661. The average Bonchev–Trinajstić information content (AvgIpc) is 2.00. The molecule has 13 heavy (non-hydrogen) atoms. The Morgan fingerprint density at radius 1 is 1.54 bits per heavy atom. The van der Waals surface area contributed by atoms with E-state index in [0.717, 1.165) is 19.2 Å². The topological polar surface area (TPSA) is 24.5 Å². The van der Waals surface area contributed by atoms with Gasteiger partial charge in [-0.15, -0.1) is 0 Å². The fourth-order valence-electron chi connectivity index (χ4n) is 1.75. The van der Waals surface area contributed by atoms with Crippen molar-refractivity contribution < 1.29 is 4.74 Å². The van der Waals surface area contributed by atoms with E-state index in [0.29, 0.717) is 6.04 Å². The van der Waals surface area contributed by atoms with Gasteiger partial charge in [-0.2, -0.15) is 0 Å². The Morgan fingerprint density at radius 2 is 2.23 bits per heavy atom. The molecular formula is C10H22N2O. The van der Waals surface area contributed by atoms with E-state index in [-0.39, 0.29) is 0 Å². The first-order valence-electron chi connectivity index (χ1n) is 5.14. The molecule has 0 aromatic carbocycles. The van der Waals surface area contributed by atoms with Crippen LogP contribution < -0.4 is 5.32 Å². The van der Waals surface area contributed by atoms with Gasteiger partial charge in [0.15, 0.2) is 0 Å². The molecule has 0 radical (unpaired) electrons. The Kier molecular flexibility index (Phi) is 4.70. The molecule has 0 amide bonds. The predicted molar refractivity (Wildman–Crippen MR) is 55.0 cm³/mol. The van der Waals surface area contributed by atoms with E-state index in [9.17, 15) is 0 Å². The van der Waals surface area contributed by atoms with E-state index in [1.54, 1.807) is 7.11 Å². The van der Waals surface area contributed by atoms with Crippen LogP contribution in [0, 0.1) is 0 Å². The van der Waals surface area contributed by atoms with Gasteiger partial charge >= 0.3 is 0 Å². The molecule has 1 unspecified atom stereocenters. The minimum Gasteiger partial charge on any atom is -0.383 e. The normalized spacial score (nSPS) is 20.3. The Morgan fingerprint density at radius 3 is 2.62 bits per heavy atom. The monoisotopic (exact) mass is 186 g/mol. The van der Waals surface area contributed by atoms with Gasteiger partial charge in [0.05, 0.1) is 6.61 Å². The van der Waals surface area contributed by atoms with E-state index < -0.39 is 0 Å². The molecule has 0 spiro atoms. The van der Waals surface area contributed by atoms with Gasteiger partial charge in [0.25, 0.3) is 0 Å². The molecule has 1 atom stereocenters. The number of nitrogens with one attached hydrogen (secondary N) is 1. The van der Waals surface area contributed by atoms with Gasteiger partial charge in [0.2, 0.25) is 0 Å². The number of hydrogen-bond acceptors (Lipinski definition) is 3. The molecule has 1 aliphatic rings. The molecule has 1 fully saturated rings. The second-order valence-electron chi connectivity index (χ2n) is 3.97. The van der Waals surface area contributed by atoms with Crippen LogP contribution in [0.5, 0.6) is 0 Å². The minimum atomic E-state index is 0.468. The molecule has 3 heteroatoms. The summed E-state index contributed by atoms with van der Waals surface area (Å²) >= 11 is 0. The predicted octanol–water partition coefficient (Wildman–Crippen LogP) is 0.705. The first-order valence-corrected chi connectivity index (χ1v) is 5.14. The smallest absolute Gasteiger partial charge is 0.0628 e. The molecule has 1 rings (SSSR count). The Hall–Kier alpha value is -0.120. The maximum Gasteiger partial charge on any atom is 0.0628 e. The molecule has 1 saturated carbocycles. The largest absolute Gasteiger partial charge is 0.383 e. The summed E-state index contributed by atoms with van der Waals surface area (Å²) in [7, 11) is 5.97. The van der Waals surface area contributed by atoms with Crippen LogP contribution >= 0.6 is 0 Å². The third-order valence-corrected chi connectivity index (χ3v) is 2.98. The summed E-state index contributed by atoms with van der Waals surface area (Å²) < 4.78 is 5.14. The van der Waals surface area contributed by atoms with Crippen molar-refractivity contribution in [1.82, 2.24) is 10.2 Å². The van der Waals surface area contributed by atoms with Gasteiger partial charge < -0.3 is 15.0 Å². The number of hydrogen-bond donors (Lipinski definition) is 1. The Balaban J connectivity index is 2.18. The highest BCUT2D eigenvalue weighted by Crippen LogP contribution is 2.23. The fraction of sp³-hybridized carbons (Fsp3) is 1.00. The molecular weight excluding hydrogens is 164 g/mol. The van der Waals surface area contributed by atoms with Crippen molar-refractivity contribution in [1.29, 1.82) is 0 Å². The van der Waals surface area contributed by atoms with Gasteiger partial charge in [0.1, 0.15) is 0 Å². The van der Waals surface area contributed by atoms with E-state index in [1.807, 2.05) is 7.05 Å². The standard InChI is InChI=1S/C10H22N2O/c1-11-9(8-13-3)7-12(2)10-5-4-6-10/h9-11H,4-8H2,1-3H3. The highest BCUT2D eigenvalue weighted by atomic mass is 16.5. The van der Waals surface area contributed by atoms with Gasteiger partial charge in [-0.25, -0.2) is 0 Å². The second-order valence-corrected chi connectivity index (χ2v) is 3.97. The summed E-state index contributed by atoms with van der Waals surface area (Å²) in [6.45, 7) is 1.89. The van der Waals surface area contributed by atoms with Gasteiger partial charge in [-0.1, -0.05) is 6.42 Å². The van der Waals surface area contributed by atoms with Crippen molar-refractivity contribution >= 4 is 0 Å². The van der Waals surface area contributed by atoms with Crippen LogP contribution in [0.15, 0.2) is 0 Å². The summed E-state index contributed by atoms with van der Waals surface area (Å²) in [6, 6.07) is 1.29. The number of ether oxygens (including phenoxy) is 1. The zero-order valence-electron chi connectivity index (χ0n) is 9.05. The van der Waals surface area contributed by atoms with Crippen LogP contribution in [0.3, 0.4) is 0 Å². The lowest BCUT2D eigenvalue weighted by Crippen LogP contribution is -2.46. The van der Waals surface area contributed by atoms with Crippen LogP contribution in [-0.2, 0) is 4.74 Å². The highest BCUT2D eigenvalue weighted by Gasteiger charge is 2.23. The van der Waals surface area contributed by atoms with Crippen molar-refractivity contribution in [3.63, 3.8) is 0 Å². The first-order chi connectivity index (χ1) is 6.27. The molecule has 0 aromatic rings. The molecule has 78 valence electrons. The zero-order chi connectivity index (χ0) is 9.68. The first kappa shape index (κ1) is 11.0. The van der Waals surface area contributed by atoms with Gasteiger partial charge in [-0.05, 0) is 26.9 Å². The lowest BCUT2D eigenvalue weighted by Gasteiger charge is -2.36. The van der Waals surface area contributed by atoms with Crippen molar-refractivity contribution in [3.05, 3.63) is 0 Å². The number of nitrogens with zero attached hydrogens (tertiary/aromatic N) is 1. The maximum atomic E-state index is 5.14. The third-order valence-electron chi connectivity index (χ3n) is 2.98. The fourth-order valence-corrected chi connectivity index (χ4v) is 1.75. The summed E-state index contributed by atoms with van der Waals surface area (Å²) in [4.78, 5) is 2.45. The van der Waals surface area contributed by atoms with Crippen LogP contribution in [0.1, 0.15) is 19.3 Å². The third kappa shape index (κ3) is 3.25. The number of likely N-dealkylation sites (N-methyl/N-ethyl adjacent to an activating group) is 2. The van der Waals surface area contributed by atoms with E-state index in [4.69, 9.17) is 4.74 Å². The van der Waals surface area contributed by atoms with E-state index in [1.165, 1.54) is 19.3 Å². The van der Waals surface area contributed by atoms with Crippen LogP contribution in [0.2, 0.25) is 0 Å². The van der Waals surface area contributed by atoms with Crippen molar-refractivity contribution in [2.75, 3.05) is 34.4 Å². The molecule has 1 aliphatic carbocycles. The van der Waals surface area contributed by atoms with E-state index >= 15 is 0 Å². The zero-order valence-corrected chi connectivity index (χ0v) is 9.05. The molecule has 0 aromatic heterocycles. The molecule has 3 nitrogen and oxygen atoms in total. The lowest BCUT2D eigenvalue weighted by atomic mass is 9.91. The highest BCUT2D eigenvalue weighted by molar-refractivity contribution is 4.80. The maximum absolute atomic E-state index is 5.14. The van der Waals surface area contributed by atoms with Crippen molar-refractivity contribution in [3.8, 4) is 0 Å². The summed E-state index contributed by atoms with van der Waals surface area (Å²) in [5, 5.41) is 3.27. The lowest BCUT2D eigenvalue weighted by molar-refractivity contribution is 0.109. The molecule has 0 saturated heterocycles. The molecule has 1 N–H and O–H groups in total. The number of rotatable bonds is 6. The Labute approximate surface area is 81.4 Å². The minimum absolute atomic E-state index is 0.468. The van der Waals surface area contributed by atoms with Crippen molar-refractivity contribution in [2.24, 2.45) is 0 Å². The summed E-state index contributed by atoms with van der Waals surface area (Å²) in [6.07, 6.45) is 4.16. The van der Waals surface area contributed by atoms with Crippen LogP contribution in [0.25, 0.3) is 0 Å². The summed E-state index contributed by atoms with van der Waals surface area (Å²) in [5.74, 6) is 0.